The number of carbonyl (C=O) groups is 1. The summed E-state index contributed by atoms with van der Waals surface area (Å²) in [6.45, 7) is 1.48. The highest BCUT2D eigenvalue weighted by Gasteiger charge is 2.12. The predicted octanol–water partition coefficient (Wildman–Crippen LogP) is 3.79. The van der Waals surface area contributed by atoms with Crippen molar-refractivity contribution in [2.75, 3.05) is 27.4 Å². The first kappa shape index (κ1) is 18.1. The Morgan fingerprint density at radius 2 is 1.96 bits per heavy atom. The quantitative estimate of drug-likeness (QED) is 0.748. The minimum atomic E-state index is -0.123. The summed E-state index contributed by atoms with van der Waals surface area (Å²) in [5.41, 5.74) is 1.72. The van der Waals surface area contributed by atoms with Gasteiger partial charge in [0.25, 0.3) is 0 Å². The summed E-state index contributed by atoms with van der Waals surface area (Å²) in [5.74, 6) is 2.00. The molecule has 0 saturated heterocycles. The molecule has 0 unspecified atom stereocenters. The van der Waals surface area contributed by atoms with Crippen LogP contribution in [-0.4, -0.2) is 38.2 Å². The number of methoxy groups -OCH3 is 1. The number of amides is 1. The zero-order valence-electron chi connectivity index (χ0n) is 14.7. The second-order valence-electron chi connectivity index (χ2n) is 5.89. The molecule has 0 spiro atoms. The summed E-state index contributed by atoms with van der Waals surface area (Å²) in [5, 5.41) is 0.605. The van der Waals surface area contributed by atoms with E-state index in [9.17, 15) is 4.79 Å². The topological polar surface area (TPSA) is 48.0 Å². The molecule has 2 aromatic carbocycles. The maximum atomic E-state index is 12.4. The molecule has 6 heteroatoms. The maximum Gasteiger partial charge on any atom is 0.246 e. The summed E-state index contributed by atoms with van der Waals surface area (Å²) < 4.78 is 16.4. The largest absolute Gasteiger partial charge is 0.496 e. The first-order valence-corrected chi connectivity index (χ1v) is 8.60. The fraction of sp³-hybridized carbons (Fsp3) is 0.250. The van der Waals surface area contributed by atoms with Gasteiger partial charge in [-0.2, -0.15) is 0 Å². The molecule has 1 aliphatic heterocycles. The third-order valence-corrected chi connectivity index (χ3v) is 4.25. The van der Waals surface area contributed by atoms with E-state index in [2.05, 4.69) is 0 Å². The van der Waals surface area contributed by atoms with Crippen LogP contribution in [0.15, 0.2) is 42.5 Å². The predicted molar refractivity (Wildman–Crippen MR) is 101 cm³/mol. The zero-order chi connectivity index (χ0) is 18.5. The minimum absolute atomic E-state index is 0.123. The summed E-state index contributed by atoms with van der Waals surface area (Å²) in [6, 6.07) is 10.9. The van der Waals surface area contributed by atoms with Gasteiger partial charge in [0.1, 0.15) is 19.0 Å². The minimum Gasteiger partial charge on any atom is -0.496 e. The molecule has 0 saturated carbocycles. The van der Waals surface area contributed by atoms with Gasteiger partial charge in [-0.25, -0.2) is 0 Å². The molecule has 1 amide bonds. The average molecular weight is 374 g/mol. The molecule has 1 aliphatic rings. The van der Waals surface area contributed by atoms with Crippen LogP contribution in [0.1, 0.15) is 11.1 Å². The van der Waals surface area contributed by atoms with Gasteiger partial charge in [0.2, 0.25) is 5.91 Å². The molecule has 0 radical (unpaired) electrons. The van der Waals surface area contributed by atoms with Crippen molar-refractivity contribution in [3.8, 4) is 17.2 Å². The van der Waals surface area contributed by atoms with E-state index in [4.69, 9.17) is 25.8 Å². The van der Waals surface area contributed by atoms with Crippen molar-refractivity contribution in [2.24, 2.45) is 0 Å². The summed E-state index contributed by atoms with van der Waals surface area (Å²) in [7, 11) is 3.33. The van der Waals surface area contributed by atoms with Gasteiger partial charge in [0, 0.05) is 30.3 Å². The lowest BCUT2D eigenvalue weighted by molar-refractivity contribution is -0.125. The molecule has 136 valence electrons. The van der Waals surface area contributed by atoms with Crippen LogP contribution in [0, 0.1) is 0 Å². The molecular weight excluding hydrogens is 354 g/mol. The Hall–Kier alpha value is -2.66. The molecule has 0 N–H and O–H groups in total. The van der Waals surface area contributed by atoms with Crippen LogP contribution >= 0.6 is 11.6 Å². The Kier molecular flexibility index (Phi) is 5.68. The molecule has 26 heavy (non-hydrogen) atoms. The third-order valence-electron chi connectivity index (χ3n) is 4.01. The van der Waals surface area contributed by atoms with Gasteiger partial charge >= 0.3 is 0 Å². The number of hydrogen-bond acceptors (Lipinski definition) is 4. The number of carbonyl (C=O) groups excluding carboxylic acids is 1. The molecule has 0 atom stereocenters. The van der Waals surface area contributed by atoms with Crippen LogP contribution in [0.25, 0.3) is 6.08 Å². The molecule has 0 fully saturated rings. The maximum absolute atomic E-state index is 12.4. The van der Waals surface area contributed by atoms with Crippen LogP contribution in [0.3, 0.4) is 0 Å². The fourth-order valence-electron chi connectivity index (χ4n) is 2.66. The van der Waals surface area contributed by atoms with Crippen LogP contribution in [0.5, 0.6) is 17.2 Å². The molecule has 0 bridgehead atoms. The summed E-state index contributed by atoms with van der Waals surface area (Å²) >= 11 is 6.04. The van der Waals surface area contributed by atoms with Gasteiger partial charge < -0.3 is 19.1 Å². The smallest absolute Gasteiger partial charge is 0.246 e. The summed E-state index contributed by atoms with van der Waals surface area (Å²) in [6.07, 6.45) is 3.29. The van der Waals surface area contributed by atoms with Gasteiger partial charge in [0.05, 0.1) is 7.11 Å². The van der Waals surface area contributed by atoms with Crippen molar-refractivity contribution in [3.63, 3.8) is 0 Å². The average Bonchev–Trinajstić information content (AvgIpc) is 2.66. The SMILES string of the molecule is COc1ccc(Cl)cc1CN(C)C(=O)/C=C/c1ccc2c(c1)OCCO2. The standard InChI is InChI=1S/C20H20ClNO4/c1-22(13-15-12-16(21)5-7-17(15)24-2)20(23)8-4-14-3-6-18-19(11-14)26-10-9-25-18/h3-8,11-12H,9-10,13H2,1-2H3/b8-4+. The van der Waals surface area contributed by atoms with Crippen molar-refractivity contribution in [1.82, 2.24) is 4.90 Å². The molecule has 3 rings (SSSR count). The Morgan fingerprint density at radius 3 is 2.73 bits per heavy atom. The van der Waals surface area contributed by atoms with Crippen LogP contribution in [0.2, 0.25) is 5.02 Å². The zero-order valence-corrected chi connectivity index (χ0v) is 15.5. The highest BCUT2D eigenvalue weighted by molar-refractivity contribution is 6.30. The molecule has 0 aromatic heterocycles. The molecule has 0 aliphatic carbocycles. The Balaban J connectivity index is 1.67. The number of hydrogen-bond donors (Lipinski definition) is 0. The van der Waals surface area contributed by atoms with E-state index in [-0.39, 0.29) is 5.91 Å². The summed E-state index contributed by atoms with van der Waals surface area (Å²) in [4.78, 5) is 14.0. The number of benzene rings is 2. The van der Waals surface area contributed by atoms with Crippen molar-refractivity contribution >= 4 is 23.6 Å². The van der Waals surface area contributed by atoms with Crippen LogP contribution < -0.4 is 14.2 Å². The highest BCUT2D eigenvalue weighted by atomic mass is 35.5. The van der Waals surface area contributed by atoms with E-state index < -0.39 is 0 Å². The van der Waals surface area contributed by atoms with E-state index in [1.807, 2.05) is 18.2 Å². The Labute approximate surface area is 157 Å². The van der Waals surface area contributed by atoms with Crippen molar-refractivity contribution in [1.29, 1.82) is 0 Å². The molecule has 5 nitrogen and oxygen atoms in total. The normalized spacial score (nSPS) is 12.9. The molecular formula is C20H20ClNO4. The highest BCUT2D eigenvalue weighted by Crippen LogP contribution is 2.31. The molecule has 1 heterocycles. The van der Waals surface area contributed by atoms with Gasteiger partial charge in [-0.1, -0.05) is 17.7 Å². The van der Waals surface area contributed by atoms with E-state index >= 15 is 0 Å². The third kappa shape index (κ3) is 4.29. The second kappa shape index (κ2) is 8.15. The number of likely N-dealkylation sites (N-methyl/N-ethyl adjacent to an activating group) is 1. The number of halogens is 1. The first-order chi connectivity index (χ1) is 12.6. The van der Waals surface area contributed by atoms with Gasteiger partial charge in [0.15, 0.2) is 11.5 Å². The van der Waals surface area contributed by atoms with Crippen molar-refractivity contribution < 1.29 is 19.0 Å². The van der Waals surface area contributed by atoms with Crippen molar-refractivity contribution in [3.05, 3.63) is 58.6 Å². The lowest BCUT2D eigenvalue weighted by Crippen LogP contribution is -2.24. The molecule has 2 aromatic rings. The monoisotopic (exact) mass is 373 g/mol. The Morgan fingerprint density at radius 1 is 1.19 bits per heavy atom. The van der Waals surface area contributed by atoms with E-state index in [0.717, 1.165) is 16.9 Å². The number of nitrogens with zero attached hydrogens (tertiary/aromatic N) is 1. The van der Waals surface area contributed by atoms with Gasteiger partial charge in [-0.05, 0) is 42.0 Å². The van der Waals surface area contributed by atoms with Crippen LogP contribution in [0.4, 0.5) is 0 Å². The number of fused-ring (bicyclic) bond motifs is 1. The Bertz CT molecular complexity index is 835. The fourth-order valence-corrected chi connectivity index (χ4v) is 2.86. The van der Waals surface area contributed by atoms with Crippen LogP contribution in [-0.2, 0) is 11.3 Å². The van der Waals surface area contributed by atoms with E-state index in [1.54, 1.807) is 43.3 Å². The van der Waals surface area contributed by atoms with E-state index in [1.165, 1.54) is 6.08 Å². The van der Waals surface area contributed by atoms with E-state index in [0.29, 0.717) is 36.3 Å². The van der Waals surface area contributed by atoms with Gasteiger partial charge in [-0.3, -0.25) is 4.79 Å². The first-order valence-electron chi connectivity index (χ1n) is 8.22. The lowest BCUT2D eigenvalue weighted by atomic mass is 10.1. The van der Waals surface area contributed by atoms with Gasteiger partial charge in [-0.15, -0.1) is 0 Å². The second-order valence-corrected chi connectivity index (χ2v) is 6.32. The number of rotatable bonds is 5. The van der Waals surface area contributed by atoms with Crippen molar-refractivity contribution in [2.45, 2.75) is 6.54 Å². The lowest BCUT2D eigenvalue weighted by Gasteiger charge is -2.18. The number of ether oxygens (including phenoxy) is 3.